The molecule has 2 amide bonds. The zero-order chi connectivity index (χ0) is 20.2. The summed E-state index contributed by atoms with van der Waals surface area (Å²) in [5, 5.41) is 0. The number of ether oxygens (including phenoxy) is 2. The highest BCUT2D eigenvalue weighted by Crippen LogP contribution is 2.31. The van der Waals surface area contributed by atoms with Crippen LogP contribution < -0.4 is 9.47 Å². The van der Waals surface area contributed by atoms with Crippen molar-refractivity contribution in [3.63, 3.8) is 0 Å². The number of carbonyl (C=O) groups is 2. The maximum Gasteiger partial charge on any atom is 0.267 e. The fraction of sp³-hybridized carbons (Fsp3) is 0.333. The molecule has 1 atom stereocenters. The summed E-state index contributed by atoms with van der Waals surface area (Å²) in [6.07, 6.45) is -0.666. The van der Waals surface area contributed by atoms with Gasteiger partial charge in [0, 0.05) is 31.1 Å². The second-order valence-corrected chi connectivity index (χ2v) is 7.86. The van der Waals surface area contributed by atoms with Gasteiger partial charge in [0.1, 0.15) is 12.4 Å². The van der Waals surface area contributed by atoms with E-state index in [9.17, 15) is 14.0 Å². The molecule has 0 N–H and O–H groups in total. The first-order valence-electron chi connectivity index (χ1n) is 9.43. The Morgan fingerprint density at radius 3 is 2.34 bits per heavy atom. The van der Waals surface area contributed by atoms with E-state index < -0.39 is 6.10 Å². The third-order valence-electron chi connectivity index (χ3n) is 4.90. The number of thioether (sulfide) groups is 1. The fourth-order valence-corrected chi connectivity index (χ4v) is 4.09. The number of fused-ring (bicyclic) bond motifs is 1. The van der Waals surface area contributed by atoms with Crippen LogP contribution in [-0.4, -0.2) is 66.3 Å². The number of amides is 2. The van der Waals surface area contributed by atoms with E-state index in [2.05, 4.69) is 0 Å². The molecule has 8 heteroatoms. The van der Waals surface area contributed by atoms with E-state index in [0.717, 1.165) is 4.90 Å². The molecular formula is C21H21FN2O4S. The van der Waals surface area contributed by atoms with Gasteiger partial charge in [-0.25, -0.2) is 4.39 Å². The Bertz CT molecular complexity index is 885. The lowest BCUT2D eigenvalue weighted by Gasteiger charge is -2.37. The first-order chi connectivity index (χ1) is 14.1. The zero-order valence-electron chi connectivity index (χ0n) is 15.8. The number of carbonyl (C=O) groups excluding carboxylic acids is 2. The van der Waals surface area contributed by atoms with Gasteiger partial charge in [-0.3, -0.25) is 9.59 Å². The Balaban J connectivity index is 1.25. The number of rotatable bonds is 4. The average molecular weight is 416 g/mol. The molecule has 4 rings (SSSR count). The molecule has 2 aliphatic rings. The van der Waals surface area contributed by atoms with Gasteiger partial charge in [-0.1, -0.05) is 12.1 Å². The van der Waals surface area contributed by atoms with Gasteiger partial charge in [0.15, 0.2) is 11.5 Å². The van der Waals surface area contributed by atoms with Crippen LogP contribution in [-0.2, 0) is 9.59 Å². The Hall–Kier alpha value is -2.74. The molecule has 0 saturated carbocycles. The Morgan fingerprint density at radius 1 is 0.966 bits per heavy atom. The number of hydrogen-bond acceptors (Lipinski definition) is 5. The predicted molar refractivity (Wildman–Crippen MR) is 107 cm³/mol. The molecule has 2 aliphatic heterocycles. The van der Waals surface area contributed by atoms with E-state index in [1.165, 1.54) is 23.9 Å². The second kappa shape index (κ2) is 8.73. The number of halogens is 1. The predicted octanol–water partition coefficient (Wildman–Crippen LogP) is 2.43. The highest BCUT2D eigenvalue weighted by Gasteiger charge is 2.33. The maximum absolute atomic E-state index is 13.0. The van der Waals surface area contributed by atoms with Gasteiger partial charge < -0.3 is 19.3 Å². The molecule has 0 bridgehead atoms. The summed E-state index contributed by atoms with van der Waals surface area (Å²) in [6.45, 7) is 2.08. The molecule has 1 fully saturated rings. The van der Waals surface area contributed by atoms with Crippen molar-refractivity contribution in [3.05, 3.63) is 54.3 Å². The first kappa shape index (κ1) is 19.6. The van der Waals surface area contributed by atoms with Crippen LogP contribution in [0.2, 0.25) is 0 Å². The minimum absolute atomic E-state index is 0.0117. The first-order valence-corrected chi connectivity index (χ1v) is 10.4. The molecule has 2 aromatic carbocycles. The van der Waals surface area contributed by atoms with Crippen LogP contribution in [0.4, 0.5) is 4.39 Å². The van der Waals surface area contributed by atoms with Crippen molar-refractivity contribution in [1.29, 1.82) is 0 Å². The highest BCUT2D eigenvalue weighted by molar-refractivity contribution is 8.00. The van der Waals surface area contributed by atoms with Crippen LogP contribution in [0.1, 0.15) is 0 Å². The molecule has 2 aromatic rings. The van der Waals surface area contributed by atoms with Gasteiger partial charge >= 0.3 is 0 Å². The summed E-state index contributed by atoms with van der Waals surface area (Å²) >= 11 is 1.38. The number of para-hydroxylation sites is 2. The molecule has 1 saturated heterocycles. The number of benzene rings is 2. The quantitative estimate of drug-likeness (QED) is 0.717. The van der Waals surface area contributed by atoms with Crippen LogP contribution in [0.5, 0.6) is 11.5 Å². The van der Waals surface area contributed by atoms with Crippen molar-refractivity contribution < 1.29 is 23.5 Å². The van der Waals surface area contributed by atoms with Crippen molar-refractivity contribution in [3.8, 4) is 11.5 Å². The lowest BCUT2D eigenvalue weighted by Crippen LogP contribution is -2.55. The summed E-state index contributed by atoms with van der Waals surface area (Å²) in [5.41, 5.74) is 0. The largest absolute Gasteiger partial charge is 0.485 e. The molecule has 6 nitrogen and oxygen atoms in total. The van der Waals surface area contributed by atoms with Gasteiger partial charge in [-0.2, -0.15) is 0 Å². The Morgan fingerprint density at radius 2 is 1.62 bits per heavy atom. The summed E-state index contributed by atoms with van der Waals surface area (Å²) in [4.78, 5) is 29.5. The van der Waals surface area contributed by atoms with Gasteiger partial charge in [-0.15, -0.1) is 11.8 Å². The molecule has 0 radical (unpaired) electrons. The summed E-state index contributed by atoms with van der Waals surface area (Å²) in [6, 6.07) is 13.4. The van der Waals surface area contributed by atoms with Gasteiger partial charge in [0.25, 0.3) is 5.91 Å². The smallest absolute Gasteiger partial charge is 0.267 e. The third kappa shape index (κ3) is 4.64. The molecular weight excluding hydrogens is 395 g/mol. The zero-order valence-corrected chi connectivity index (χ0v) is 16.6. The van der Waals surface area contributed by atoms with Crippen molar-refractivity contribution >= 4 is 23.6 Å². The average Bonchev–Trinajstić information content (AvgIpc) is 2.78. The van der Waals surface area contributed by atoms with E-state index in [1.807, 2.05) is 18.2 Å². The normalized spacial score (nSPS) is 18.4. The minimum Gasteiger partial charge on any atom is -0.485 e. The van der Waals surface area contributed by atoms with Crippen LogP contribution in [0, 0.1) is 5.82 Å². The van der Waals surface area contributed by atoms with E-state index in [0.29, 0.717) is 37.7 Å². The van der Waals surface area contributed by atoms with Crippen LogP contribution >= 0.6 is 11.8 Å². The molecule has 29 heavy (non-hydrogen) atoms. The summed E-state index contributed by atoms with van der Waals surface area (Å²) < 4.78 is 24.4. The lowest BCUT2D eigenvalue weighted by atomic mass is 10.2. The van der Waals surface area contributed by atoms with Gasteiger partial charge in [0.05, 0.1) is 5.75 Å². The fourth-order valence-electron chi connectivity index (χ4n) is 3.29. The molecule has 152 valence electrons. The monoisotopic (exact) mass is 416 g/mol. The van der Waals surface area contributed by atoms with E-state index in [-0.39, 0.29) is 30.0 Å². The second-order valence-electron chi connectivity index (χ2n) is 6.81. The van der Waals surface area contributed by atoms with Crippen LogP contribution in [0.15, 0.2) is 53.4 Å². The Kier molecular flexibility index (Phi) is 5.89. The number of hydrogen-bond donors (Lipinski definition) is 0. The number of piperazine rings is 1. The van der Waals surface area contributed by atoms with Crippen LogP contribution in [0.25, 0.3) is 0 Å². The molecule has 0 aromatic heterocycles. The van der Waals surface area contributed by atoms with E-state index in [1.54, 1.807) is 28.0 Å². The number of nitrogens with zero attached hydrogens (tertiary/aromatic N) is 2. The Labute approximate surface area is 172 Å². The lowest BCUT2D eigenvalue weighted by molar-refractivity contribution is -0.145. The molecule has 2 heterocycles. The molecule has 1 unspecified atom stereocenters. The topological polar surface area (TPSA) is 59.1 Å². The maximum atomic E-state index is 13.0. The molecule has 0 aliphatic carbocycles. The standard InChI is InChI=1S/C21H21FN2O4S/c22-15-5-7-16(8-6-15)29-14-20(25)23-9-11-24(12-10-23)21(26)19-13-27-17-3-1-2-4-18(17)28-19/h1-8,19H,9-14H2. The van der Waals surface area contributed by atoms with Crippen molar-refractivity contribution in [2.75, 3.05) is 38.5 Å². The summed E-state index contributed by atoms with van der Waals surface area (Å²) in [5.74, 6) is 1.10. The molecule has 0 spiro atoms. The van der Waals surface area contributed by atoms with Gasteiger partial charge in [-0.05, 0) is 36.4 Å². The third-order valence-corrected chi connectivity index (χ3v) is 5.90. The van der Waals surface area contributed by atoms with Crippen LogP contribution in [0.3, 0.4) is 0 Å². The SMILES string of the molecule is O=C(CSc1ccc(F)cc1)N1CCN(C(=O)C2COc3ccccc3O2)CC1. The van der Waals surface area contributed by atoms with E-state index in [4.69, 9.17) is 9.47 Å². The van der Waals surface area contributed by atoms with Crippen molar-refractivity contribution in [2.45, 2.75) is 11.0 Å². The highest BCUT2D eigenvalue weighted by atomic mass is 32.2. The minimum atomic E-state index is -0.666. The van der Waals surface area contributed by atoms with Crippen molar-refractivity contribution in [2.24, 2.45) is 0 Å². The summed E-state index contributed by atoms with van der Waals surface area (Å²) in [7, 11) is 0. The van der Waals surface area contributed by atoms with E-state index >= 15 is 0 Å². The van der Waals surface area contributed by atoms with Gasteiger partial charge in [0.2, 0.25) is 12.0 Å². The van der Waals surface area contributed by atoms with Crippen molar-refractivity contribution in [1.82, 2.24) is 9.80 Å².